The van der Waals surface area contributed by atoms with Crippen molar-refractivity contribution in [3.05, 3.63) is 59.4 Å². The minimum Gasteiger partial charge on any atom is -0.347 e. The summed E-state index contributed by atoms with van der Waals surface area (Å²) in [4.78, 5) is 26.3. The van der Waals surface area contributed by atoms with Crippen molar-refractivity contribution in [1.29, 1.82) is 5.26 Å². The number of amides is 2. The molecular formula is C21H20FN3O2. The molecule has 0 unspecified atom stereocenters. The summed E-state index contributed by atoms with van der Waals surface area (Å²) in [6, 6.07) is 12.8. The van der Waals surface area contributed by atoms with E-state index in [-0.39, 0.29) is 23.4 Å². The minimum atomic E-state index is -0.572. The van der Waals surface area contributed by atoms with E-state index >= 15 is 0 Å². The first-order valence-corrected chi connectivity index (χ1v) is 8.90. The summed E-state index contributed by atoms with van der Waals surface area (Å²) in [6.07, 6.45) is 1.20. The monoisotopic (exact) mass is 365 g/mol. The number of halogens is 1. The molecular weight excluding hydrogens is 345 g/mol. The molecule has 2 amide bonds. The summed E-state index contributed by atoms with van der Waals surface area (Å²) >= 11 is 0. The van der Waals surface area contributed by atoms with Crippen LogP contribution in [0.5, 0.6) is 0 Å². The van der Waals surface area contributed by atoms with Gasteiger partial charge in [0.1, 0.15) is 11.9 Å². The fraction of sp³-hybridized carbons (Fsp3) is 0.286. The zero-order valence-electron chi connectivity index (χ0n) is 15.0. The van der Waals surface area contributed by atoms with Crippen LogP contribution in [0, 0.1) is 17.1 Å². The summed E-state index contributed by atoms with van der Waals surface area (Å²) in [5.74, 6) is -0.764. The number of nitrogens with zero attached hydrogens (tertiary/aromatic N) is 2. The SMILES string of the molecule is CCCN1C[C@@H](NC(=O)c2cccc(-c3ccc(F)c(C#N)c3)c2)CC1=O. The molecule has 2 aromatic rings. The van der Waals surface area contributed by atoms with Crippen LogP contribution in [0.25, 0.3) is 11.1 Å². The molecule has 6 heteroatoms. The molecule has 1 fully saturated rings. The predicted molar refractivity (Wildman–Crippen MR) is 99.3 cm³/mol. The molecule has 2 aromatic carbocycles. The number of rotatable bonds is 5. The highest BCUT2D eigenvalue weighted by molar-refractivity contribution is 5.96. The number of likely N-dealkylation sites (tertiary alicyclic amines) is 1. The molecule has 0 saturated carbocycles. The van der Waals surface area contributed by atoms with E-state index in [0.717, 1.165) is 6.42 Å². The second kappa shape index (κ2) is 8.00. The number of carbonyl (C=O) groups is 2. The molecule has 1 saturated heterocycles. The van der Waals surface area contributed by atoms with Gasteiger partial charge in [-0.15, -0.1) is 0 Å². The molecule has 0 radical (unpaired) electrons. The van der Waals surface area contributed by atoms with Gasteiger partial charge in [-0.3, -0.25) is 9.59 Å². The maximum atomic E-state index is 13.5. The first-order valence-electron chi connectivity index (χ1n) is 8.90. The molecule has 5 nitrogen and oxygen atoms in total. The number of carbonyl (C=O) groups excluding carboxylic acids is 2. The van der Waals surface area contributed by atoms with Gasteiger partial charge >= 0.3 is 0 Å². The Morgan fingerprint density at radius 3 is 2.81 bits per heavy atom. The Kier molecular flexibility index (Phi) is 5.51. The summed E-state index contributed by atoms with van der Waals surface area (Å²) in [6.45, 7) is 3.24. The van der Waals surface area contributed by atoms with E-state index in [0.29, 0.717) is 36.2 Å². The van der Waals surface area contributed by atoms with Gasteiger partial charge in [-0.1, -0.05) is 25.1 Å². The number of benzene rings is 2. The second-order valence-corrected chi connectivity index (χ2v) is 6.60. The lowest BCUT2D eigenvalue weighted by Gasteiger charge is -2.16. The highest BCUT2D eigenvalue weighted by Gasteiger charge is 2.30. The van der Waals surface area contributed by atoms with Crippen molar-refractivity contribution in [2.75, 3.05) is 13.1 Å². The Labute approximate surface area is 157 Å². The van der Waals surface area contributed by atoms with Gasteiger partial charge in [0.2, 0.25) is 5.91 Å². The van der Waals surface area contributed by atoms with Crippen molar-refractivity contribution >= 4 is 11.8 Å². The smallest absolute Gasteiger partial charge is 0.251 e. The van der Waals surface area contributed by atoms with E-state index in [1.54, 1.807) is 35.2 Å². The molecule has 1 N–H and O–H groups in total. The van der Waals surface area contributed by atoms with E-state index in [2.05, 4.69) is 5.32 Å². The van der Waals surface area contributed by atoms with Crippen LogP contribution in [-0.4, -0.2) is 35.8 Å². The van der Waals surface area contributed by atoms with Crippen LogP contribution in [0.15, 0.2) is 42.5 Å². The van der Waals surface area contributed by atoms with Gasteiger partial charge in [0.25, 0.3) is 5.91 Å². The quantitative estimate of drug-likeness (QED) is 0.885. The van der Waals surface area contributed by atoms with Crippen LogP contribution in [0.3, 0.4) is 0 Å². The third-order valence-corrected chi connectivity index (χ3v) is 4.59. The molecule has 0 aromatic heterocycles. The molecule has 1 heterocycles. The molecule has 0 spiro atoms. The Morgan fingerprint density at radius 1 is 1.30 bits per heavy atom. The van der Waals surface area contributed by atoms with E-state index in [4.69, 9.17) is 5.26 Å². The topological polar surface area (TPSA) is 73.2 Å². The van der Waals surface area contributed by atoms with Gasteiger partial charge in [0, 0.05) is 25.1 Å². The molecule has 1 aliphatic rings. The molecule has 3 rings (SSSR count). The molecule has 0 aliphatic carbocycles. The normalized spacial score (nSPS) is 16.3. The molecule has 1 aliphatic heterocycles. The van der Waals surface area contributed by atoms with Crippen LogP contribution < -0.4 is 5.32 Å². The van der Waals surface area contributed by atoms with Gasteiger partial charge in [-0.25, -0.2) is 4.39 Å². The summed E-state index contributed by atoms with van der Waals surface area (Å²) < 4.78 is 13.5. The summed E-state index contributed by atoms with van der Waals surface area (Å²) in [5, 5.41) is 11.9. The van der Waals surface area contributed by atoms with Gasteiger partial charge in [-0.2, -0.15) is 5.26 Å². The lowest BCUT2D eigenvalue weighted by Crippen LogP contribution is -2.37. The minimum absolute atomic E-state index is 0.0390. The van der Waals surface area contributed by atoms with Crippen LogP contribution >= 0.6 is 0 Å². The van der Waals surface area contributed by atoms with Crippen molar-refractivity contribution < 1.29 is 14.0 Å². The first-order chi connectivity index (χ1) is 13.0. The maximum absolute atomic E-state index is 13.5. The average molecular weight is 365 g/mol. The number of hydrogen-bond donors (Lipinski definition) is 1. The van der Waals surface area contributed by atoms with Crippen LogP contribution in [0.2, 0.25) is 0 Å². The van der Waals surface area contributed by atoms with Gasteiger partial charge in [-0.05, 0) is 41.8 Å². The fourth-order valence-electron chi connectivity index (χ4n) is 3.25. The van der Waals surface area contributed by atoms with E-state index in [1.165, 1.54) is 12.1 Å². The fourth-order valence-corrected chi connectivity index (χ4v) is 3.25. The largest absolute Gasteiger partial charge is 0.347 e. The molecule has 0 bridgehead atoms. The maximum Gasteiger partial charge on any atom is 0.251 e. The Balaban J connectivity index is 1.75. The van der Waals surface area contributed by atoms with Crippen LogP contribution in [0.1, 0.15) is 35.7 Å². The van der Waals surface area contributed by atoms with Crippen LogP contribution in [0.4, 0.5) is 4.39 Å². The highest BCUT2D eigenvalue weighted by atomic mass is 19.1. The molecule has 1 atom stereocenters. The third-order valence-electron chi connectivity index (χ3n) is 4.59. The van der Waals surface area contributed by atoms with Crippen molar-refractivity contribution in [1.82, 2.24) is 10.2 Å². The predicted octanol–water partition coefficient (Wildman–Crippen LogP) is 3.11. The van der Waals surface area contributed by atoms with Crippen molar-refractivity contribution in [3.8, 4) is 17.2 Å². The number of hydrogen-bond acceptors (Lipinski definition) is 3. The lowest BCUT2D eigenvalue weighted by atomic mass is 10.0. The third kappa shape index (κ3) is 4.14. The highest BCUT2D eigenvalue weighted by Crippen LogP contribution is 2.23. The van der Waals surface area contributed by atoms with Gasteiger partial charge < -0.3 is 10.2 Å². The van der Waals surface area contributed by atoms with Crippen LogP contribution in [-0.2, 0) is 4.79 Å². The number of nitrogens with one attached hydrogen (secondary N) is 1. The van der Waals surface area contributed by atoms with Gasteiger partial charge in [0.05, 0.1) is 11.6 Å². The van der Waals surface area contributed by atoms with Crippen molar-refractivity contribution in [2.45, 2.75) is 25.8 Å². The molecule has 27 heavy (non-hydrogen) atoms. The zero-order chi connectivity index (χ0) is 19.4. The Hall–Kier alpha value is -3.20. The van der Waals surface area contributed by atoms with E-state index in [9.17, 15) is 14.0 Å². The Morgan fingerprint density at radius 2 is 2.07 bits per heavy atom. The van der Waals surface area contributed by atoms with E-state index in [1.807, 2.05) is 13.0 Å². The number of nitriles is 1. The summed E-state index contributed by atoms with van der Waals surface area (Å²) in [5.41, 5.74) is 1.79. The van der Waals surface area contributed by atoms with Gasteiger partial charge in [0.15, 0.2) is 0 Å². The van der Waals surface area contributed by atoms with Crippen molar-refractivity contribution in [3.63, 3.8) is 0 Å². The summed E-state index contributed by atoms with van der Waals surface area (Å²) in [7, 11) is 0. The average Bonchev–Trinajstić information content (AvgIpc) is 3.01. The standard InChI is InChI=1S/C21H20FN3O2/c1-2-8-25-13-18(11-20(25)26)24-21(27)16-5-3-4-14(9-16)15-6-7-19(22)17(10-15)12-23/h3-7,9-10,18H,2,8,11,13H2,1H3,(H,24,27)/t18-/m0/s1. The zero-order valence-corrected chi connectivity index (χ0v) is 15.0. The lowest BCUT2D eigenvalue weighted by molar-refractivity contribution is -0.127. The molecule has 138 valence electrons. The van der Waals surface area contributed by atoms with E-state index < -0.39 is 5.82 Å². The Bertz CT molecular complexity index is 920. The first kappa shape index (κ1) is 18.6. The second-order valence-electron chi connectivity index (χ2n) is 6.60. The van der Waals surface area contributed by atoms with Crippen molar-refractivity contribution in [2.24, 2.45) is 0 Å².